The van der Waals surface area contributed by atoms with Crippen LogP contribution in [0.25, 0.3) is 0 Å². The summed E-state index contributed by atoms with van der Waals surface area (Å²) in [6, 6.07) is 0. The molecule has 1 aliphatic heterocycles. The molecule has 1 amide bonds. The first-order valence-electron chi connectivity index (χ1n) is 8.00. The Morgan fingerprint density at radius 1 is 1.31 bits per heavy atom. The Bertz CT molecular complexity index is 795. The summed E-state index contributed by atoms with van der Waals surface area (Å²) in [5.41, 5.74) is 7.98. The number of esters is 1. The molecule has 0 saturated carbocycles. The number of hydrogen-bond donors (Lipinski definition) is 2. The lowest BCUT2D eigenvalue weighted by atomic mass is 9.94. The Morgan fingerprint density at radius 3 is 2.58 bits per heavy atom. The summed E-state index contributed by atoms with van der Waals surface area (Å²) in [6.45, 7) is 3.66. The average molecular weight is 363 g/mol. The van der Waals surface area contributed by atoms with Crippen molar-refractivity contribution in [1.29, 1.82) is 0 Å². The van der Waals surface area contributed by atoms with Crippen LogP contribution in [-0.2, 0) is 22.6 Å². The van der Waals surface area contributed by atoms with Crippen LogP contribution >= 0.6 is 0 Å². The average Bonchev–Trinajstić information content (AvgIpc) is 2.95. The second-order valence-electron chi connectivity index (χ2n) is 5.97. The van der Waals surface area contributed by atoms with Crippen LogP contribution in [0, 0.1) is 6.92 Å². The predicted octanol–water partition coefficient (Wildman–Crippen LogP) is 2.49. The van der Waals surface area contributed by atoms with E-state index >= 15 is 0 Å². The summed E-state index contributed by atoms with van der Waals surface area (Å²) in [4.78, 5) is 34.2. The molecule has 8 heteroatoms. The Kier molecular flexibility index (Phi) is 5.86. The molecule has 26 heavy (non-hydrogen) atoms. The lowest BCUT2D eigenvalue weighted by Crippen LogP contribution is -2.19. The highest BCUT2D eigenvalue weighted by Gasteiger charge is 2.33. The molecule has 0 radical (unpaired) electrons. The van der Waals surface area contributed by atoms with E-state index in [1.54, 1.807) is 19.9 Å². The highest BCUT2D eigenvalue weighted by atomic mass is 16.6. The van der Waals surface area contributed by atoms with Crippen LogP contribution in [0.3, 0.4) is 0 Å². The zero-order chi connectivity index (χ0) is 19.4. The maximum Gasteiger partial charge on any atom is 0.410 e. The normalized spacial score (nSPS) is 13.2. The number of cyclic esters (lactones) is 1. The molecule has 1 aromatic carbocycles. The molecule has 0 aliphatic carbocycles. The van der Waals surface area contributed by atoms with E-state index in [0.29, 0.717) is 23.3 Å². The van der Waals surface area contributed by atoms with Crippen molar-refractivity contribution in [3.05, 3.63) is 33.9 Å². The third-order valence-corrected chi connectivity index (χ3v) is 4.22. The van der Waals surface area contributed by atoms with Crippen molar-refractivity contribution in [3.63, 3.8) is 0 Å². The summed E-state index contributed by atoms with van der Waals surface area (Å²) in [5, 5.41) is 8.77. The van der Waals surface area contributed by atoms with E-state index in [2.05, 4.69) is 0 Å². The largest absolute Gasteiger partial charge is 0.496 e. The summed E-state index contributed by atoms with van der Waals surface area (Å²) in [7, 11) is 1.48. The number of carbonyl (C=O) groups is 3. The summed E-state index contributed by atoms with van der Waals surface area (Å²) in [5.74, 6) is -0.973. The SMILES string of the molecule is COc1c(C)c2c(c(OC(N)=O)c1C/C=C(\C)CCC(=O)O)C(=O)OC2. The van der Waals surface area contributed by atoms with Crippen LogP contribution in [-0.4, -0.2) is 30.2 Å². The smallest absolute Gasteiger partial charge is 0.410 e. The van der Waals surface area contributed by atoms with Gasteiger partial charge in [-0.15, -0.1) is 0 Å². The van der Waals surface area contributed by atoms with Gasteiger partial charge in [-0.05, 0) is 32.3 Å². The zero-order valence-corrected chi connectivity index (χ0v) is 14.9. The van der Waals surface area contributed by atoms with Crippen molar-refractivity contribution in [3.8, 4) is 11.5 Å². The number of rotatable bonds is 7. The quantitative estimate of drug-likeness (QED) is 0.563. The number of benzene rings is 1. The van der Waals surface area contributed by atoms with E-state index in [-0.39, 0.29) is 30.8 Å². The lowest BCUT2D eigenvalue weighted by molar-refractivity contribution is -0.136. The van der Waals surface area contributed by atoms with Gasteiger partial charge < -0.3 is 25.1 Å². The van der Waals surface area contributed by atoms with Crippen LogP contribution in [0.1, 0.15) is 46.8 Å². The fourth-order valence-electron chi connectivity index (χ4n) is 2.91. The standard InChI is InChI=1S/C18H21NO7/c1-9(5-7-13(20)21)4-6-11-15(24-3)10(2)12-8-25-17(22)14(12)16(11)26-18(19)23/h4H,5-8H2,1-3H3,(H2,19,23)(H,20,21)/b9-4+. The minimum absolute atomic E-state index is 0.0135. The minimum Gasteiger partial charge on any atom is -0.496 e. The molecule has 0 atom stereocenters. The predicted molar refractivity (Wildman–Crippen MR) is 91.4 cm³/mol. The maximum absolute atomic E-state index is 12.1. The molecule has 1 heterocycles. The number of nitrogens with two attached hydrogens (primary N) is 1. The summed E-state index contributed by atoms with van der Waals surface area (Å²) >= 11 is 0. The number of aliphatic carboxylic acids is 1. The van der Waals surface area contributed by atoms with Crippen molar-refractivity contribution >= 4 is 18.0 Å². The van der Waals surface area contributed by atoms with Crippen LogP contribution in [0.5, 0.6) is 11.5 Å². The molecular weight excluding hydrogens is 342 g/mol. The number of carboxylic acid groups (broad SMARTS) is 1. The fourth-order valence-corrected chi connectivity index (χ4v) is 2.91. The van der Waals surface area contributed by atoms with Gasteiger partial charge in [-0.2, -0.15) is 0 Å². The van der Waals surface area contributed by atoms with E-state index in [4.69, 9.17) is 25.1 Å². The first-order chi connectivity index (χ1) is 12.3. The molecule has 1 aliphatic rings. The first kappa shape index (κ1) is 19.3. The molecule has 0 bridgehead atoms. The number of carboxylic acids is 1. The highest BCUT2D eigenvalue weighted by molar-refractivity contribution is 5.99. The van der Waals surface area contributed by atoms with E-state index < -0.39 is 18.0 Å². The van der Waals surface area contributed by atoms with Crippen molar-refractivity contribution in [2.45, 2.75) is 39.7 Å². The van der Waals surface area contributed by atoms with Gasteiger partial charge in [0.15, 0.2) is 5.75 Å². The van der Waals surface area contributed by atoms with Gasteiger partial charge in [0.05, 0.1) is 7.11 Å². The van der Waals surface area contributed by atoms with Gasteiger partial charge >= 0.3 is 18.0 Å². The Balaban J connectivity index is 2.52. The van der Waals surface area contributed by atoms with Crippen LogP contribution < -0.4 is 15.2 Å². The summed E-state index contributed by atoms with van der Waals surface area (Å²) in [6.07, 6.45) is 1.43. The second-order valence-corrected chi connectivity index (χ2v) is 5.97. The van der Waals surface area contributed by atoms with E-state index in [1.807, 2.05) is 0 Å². The van der Waals surface area contributed by atoms with Crippen molar-refractivity contribution in [1.82, 2.24) is 0 Å². The van der Waals surface area contributed by atoms with Crippen molar-refractivity contribution in [2.75, 3.05) is 7.11 Å². The molecule has 0 spiro atoms. The Hall–Kier alpha value is -3.03. The zero-order valence-electron chi connectivity index (χ0n) is 14.9. The molecular formula is C18H21NO7. The van der Waals surface area contributed by atoms with Gasteiger partial charge in [0.2, 0.25) is 0 Å². The number of amides is 1. The van der Waals surface area contributed by atoms with Gasteiger partial charge in [-0.1, -0.05) is 11.6 Å². The molecule has 8 nitrogen and oxygen atoms in total. The van der Waals surface area contributed by atoms with Gasteiger partial charge in [0.1, 0.15) is 17.9 Å². The van der Waals surface area contributed by atoms with E-state index in [0.717, 1.165) is 11.1 Å². The Morgan fingerprint density at radius 2 is 2.00 bits per heavy atom. The molecule has 2 rings (SSSR count). The van der Waals surface area contributed by atoms with Gasteiger partial charge in [-0.3, -0.25) is 4.79 Å². The minimum atomic E-state index is -1.05. The number of primary amides is 1. The van der Waals surface area contributed by atoms with Crippen molar-refractivity contribution < 1.29 is 33.7 Å². The number of hydrogen-bond acceptors (Lipinski definition) is 6. The maximum atomic E-state index is 12.1. The number of ether oxygens (including phenoxy) is 3. The molecule has 0 fully saturated rings. The van der Waals surface area contributed by atoms with Crippen LogP contribution in [0.2, 0.25) is 0 Å². The first-order valence-corrected chi connectivity index (χ1v) is 8.00. The highest BCUT2D eigenvalue weighted by Crippen LogP contribution is 2.42. The molecule has 0 saturated heterocycles. The van der Waals surface area contributed by atoms with E-state index in [9.17, 15) is 14.4 Å². The topological polar surface area (TPSA) is 125 Å². The van der Waals surface area contributed by atoms with Crippen LogP contribution in [0.4, 0.5) is 4.79 Å². The monoisotopic (exact) mass is 363 g/mol. The lowest BCUT2D eigenvalue weighted by Gasteiger charge is -2.18. The van der Waals surface area contributed by atoms with Gasteiger partial charge in [0.25, 0.3) is 0 Å². The number of fused-ring (bicyclic) bond motifs is 1. The molecule has 0 unspecified atom stereocenters. The van der Waals surface area contributed by atoms with Crippen molar-refractivity contribution in [2.24, 2.45) is 5.73 Å². The third-order valence-electron chi connectivity index (χ3n) is 4.22. The Labute approximate surface area is 150 Å². The third kappa shape index (κ3) is 3.96. The molecule has 140 valence electrons. The molecule has 0 aromatic heterocycles. The van der Waals surface area contributed by atoms with Crippen LogP contribution in [0.15, 0.2) is 11.6 Å². The number of allylic oxidation sites excluding steroid dienone is 2. The van der Waals surface area contributed by atoms with E-state index in [1.165, 1.54) is 7.11 Å². The number of carbonyl (C=O) groups excluding carboxylic acids is 2. The summed E-state index contributed by atoms with van der Waals surface area (Å²) < 4.78 is 15.7. The molecule has 1 aromatic rings. The second kappa shape index (κ2) is 7.90. The molecule has 3 N–H and O–H groups in total. The van der Waals surface area contributed by atoms with Gasteiger partial charge in [-0.25, -0.2) is 9.59 Å². The fraction of sp³-hybridized carbons (Fsp3) is 0.389. The number of methoxy groups -OCH3 is 1. The van der Waals surface area contributed by atoms with Gasteiger partial charge in [0, 0.05) is 17.5 Å².